The van der Waals surface area contributed by atoms with Crippen LogP contribution in [0.15, 0.2) is 77.7 Å². The van der Waals surface area contributed by atoms with E-state index >= 15 is 0 Å². The lowest BCUT2D eigenvalue weighted by Crippen LogP contribution is -2.44. The van der Waals surface area contributed by atoms with E-state index in [4.69, 9.17) is 19.2 Å². The van der Waals surface area contributed by atoms with Gasteiger partial charge in [0.1, 0.15) is 17.6 Å². The number of piperidine rings is 1. The molecule has 3 amide bonds. The van der Waals surface area contributed by atoms with Gasteiger partial charge in [-0.2, -0.15) is 4.98 Å². The summed E-state index contributed by atoms with van der Waals surface area (Å²) in [5.41, 5.74) is 2.45. The van der Waals surface area contributed by atoms with E-state index in [0.29, 0.717) is 75.8 Å². The number of likely N-dealkylation sites (tertiary alicyclic amines) is 1. The lowest BCUT2D eigenvalue weighted by molar-refractivity contribution is -0.135. The van der Waals surface area contributed by atoms with E-state index in [2.05, 4.69) is 20.4 Å². The van der Waals surface area contributed by atoms with E-state index in [1.54, 1.807) is 25.2 Å². The van der Waals surface area contributed by atoms with Crippen LogP contribution in [0.3, 0.4) is 0 Å². The summed E-state index contributed by atoms with van der Waals surface area (Å²) >= 11 is 0. The van der Waals surface area contributed by atoms with Gasteiger partial charge in [0, 0.05) is 76.6 Å². The molecule has 7 rings (SSSR count). The van der Waals surface area contributed by atoms with E-state index in [-0.39, 0.29) is 47.5 Å². The highest BCUT2D eigenvalue weighted by Crippen LogP contribution is 2.34. The summed E-state index contributed by atoms with van der Waals surface area (Å²) in [6.07, 6.45) is 7.22. The fourth-order valence-electron chi connectivity index (χ4n) is 8.00. The molecule has 0 aliphatic carbocycles. The Bertz CT molecular complexity index is 2250. The van der Waals surface area contributed by atoms with Crippen LogP contribution in [-0.4, -0.2) is 112 Å². The van der Waals surface area contributed by atoms with Crippen LogP contribution in [0.25, 0.3) is 11.0 Å². The van der Waals surface area contributed by atoms with E-state index in [0.717, 1.165) is 49.2 Å². The Morgan fingerprint density at radius 1 is 0.932 bits per heavy atom. The molecule has 3 fully saturated rings. The molecular weight excluding hydrogens is 759 g/mol. The van der Waals surface area contributed by atoms with Gasteiger partial charge in [-0.25, -0.2) is 4.79 Å². The number of rotatable bonds is 20. The van der Waals surface area contributed by atoms with Crippen LogP contribution in [0.5, 0.6) is 11.6 Å². The van der Waals surface area contributed by atoms with Gasteiger partial charge in [0.15, 0.2) is 5.78 Å². The zero-order valence-corrected chi connectivity index (χ0v) is 33.2. The molecule has 2 aromatic heterocycles. The van der Waals surface area contributed by atoms with E-state index in [1.807, 2.05) is 42.6 Å². The summed E-state index contributed by atoms with van der Waals surface area (Å²) in [5, 5.41) is 15.2. The van der Waals surface area contributed by atoms with Crippen LogP contribution < -0.4 is 26.0 Å². The first kappa shape index (κ1) is 41.2. The molecule has 0 spiro atoms. The number of allylic oxidation sites excluding steroid dienone is 1. The Kier molecular flexibility index (Phi) is 13.4. The number of nitrogens with zero attached hydrogens (tertiary/aromatic N) is 5. The number of carbonyl (C=O) groups excluding carboxylic acids is 4. The quantitative estimate of drug-likeness (QED) is 0.0514. The number of imidazole rings is 1. The molecular formula is C43H51N7O9. The molecule has 2 aromatic carbocycles. The summed E-state index contributed by atoms with van der Waals surface area (Å²) in [7, 11) is 1.68. The largest absolute Gasteiger partial charge is 0.507 e. The Morgan fingerprint density at radius 2 is 1.76 bits per heavy atom. The number of hydrogen-bond donors (Lipinski definition) is 3. The summed E-state index contributed by atoms with van der Waals surface area (Å²) < 4.78 is 20.2. The van der Waals surface area contributed by atoms with Gasteiger partial charge in [-0.3, -0.25) is 33.6 Å². The third-order valence-corrected chi connectivity index (χ3v) is 11.0. The van der Waals surface area contributed by atoms with Gasteiger partial charge in [0.05, 0.1) is 43.0 Å². The number of para-hydroxylation sites is 1. The third kappa shape index (κ3) is 10.0. The number of phenolic OH excluding ortho intramolecular Hbond substituents is 1. The molecule has 2 bridgehead atoms. The zero-order chi connectivity index (χ0) is 41.3. The molecule has 16 heteroatoms. The first-order valence-electron chi connectivity index (χ1n) is 20.2. The summed E-state index contributed by atoms with van der Waals surface area (Å²) in [4.78, 5) is 71.1. The average molecular weight is 810 g/mol. The van der Waals surface area contributed by atoms with Gasteiger partial charge in [0.2, 0.25) is 23.6 Å². The number of aryl methyl sites for hydroxylation is 2. The van der Waals surface area contributed by atoms with Crippen molar-refractivity contribution in [3.8, 4) is 11.6 Å². The molecule has 3 atom stereocenters. The van der Waals surface area contributed by atoms with E-state index in [9.17, 15) is 29.1 Å². The van der Waals surface area contributed by atoms with Crippen molar-refractivity contribution in [1.82, 2.24) is 29.7 Å². The van der Waals surface area contributed by atoms with Crippen molar-refractivity contribution in [2.75, 3.05) is 57.6 Å². The van der Waals surface area contributed by atoms with E-state index < -0.39 is 11.9 Å². The molecule has 0 radical (unpaired) electrons. The number of amides is 3. The molecule has 312 valence electrons. The van der Waals surface area contributed by atoms with Gasteiger partial charge < -0.3 is 34.4 Å². The number of phenols is 1. The van der Waals surface area contributed by atoms with Crippen molar-refractivity contribution >= 4 is 40.4 Å². The summed E-state index contributed by atoms with van der Waals surface area (Å²) in [5.74, 6) is 0.271. The Hall–Kier alpha value is -6.00. The van der Waals surface area contributed by atoms with Crippen molar-refractivity contribution in [1.29, 1.82) is 0 Å². The molecule has 4 aromatic rings. The number of aromatic nitrogens is 3. The standard InChI is InChI=1S/C43H51N7O9/c1-47-35-25-29(13-14-33(35)50(43(47)56)34-15-16-40(54)46-42(34)55)7-5-20-57-23-24-58-22-18-44-39(53)11-6-21-59-41-12-4-10-38(45-41)49-28-30-26-31(49)27-48(30)19-17-37(52)32-8-2-3-9-36(32)51/h2-4,8-10,12-14,17,19,25,30-31,34,51H,5-7,11,15-16,18,20-24,26-28H2,1H3,(H,44,53)(H,46,54,55)/b19-17+/t30-,31-,34?/m1/s1. The highest BCUT2D eigenvalue weighted by molar-refractivity contribution is 6.06. The second kappa shape index (κ2) is 19.2. The summed E-state index contributed by atoms with van der Waals surface area (Å²) in [6.45, 7) is 4.08. The molecule has 3 saturated heterocycles. The number of hydrogen-bond acceptors (Lipinski definition) is 12. The third-order valence-electron chi connectivity index (χ3n) is 11.0. The minimum atomic E-state index is -0.706. The maximum absolute atomic E-state index is 13.0. The highest BCUT2D eigenvalue weighted by atomic mass is 16.5. The first-order chi connectivity index (χ1) is 28.7. The molecule has 3 N–H and O–H groups in total. The molecule has 3 aliphatic heterocycles. The monoisotopic (exact) mass is 809 g/mol. The lowest BCUT2D eigenvalue weighted by atomic mass is 10.1. The highest BCUT2D eigenvalue weighted by Gasteiger charge is 2.42. The van der Waals surface area contributed by atoms with Crippen molar-refractivity contribution in [3.63, 3.8) is 0 Å². The Morgan fingerprint density at radius 3 is 2.56 bits per heavy atom. The normalized spacial score (nSPS) is 18.9. The van der Waals surface area contributed by atoms with Crippen LogP contribution in [0, 0.1) is 0 Å². The van der Waals surface area contributed by atoms with Gasteiger partial charge in [-0.05, 0) is 68.0 Å². The molecule has 59 heavy (non-hydrogen) atoms. The molecule has 5 heterocycles. The SMILES string of the molecule is Cn1c(=O)n(C2CCC(=O)NC2=O)c2ccc(CCCOCCOCCNC(=O)CCCOc3cccc(N4C[C@H]5C[C@@H]4CN5/C=C/C(=O)c4ccccc4O)n3)cc21. The Balaban J connectivity index is 0.718. The summed E-state index contributed by atoms with van der Waals surface area (Å²) in [6, 6.07) is 17.8. The number of nitrogens with one attached hydrogen (secondary N) is 2. The van der Waals surface area contributed by atoms with Crippen molar-refractivity contribution in [3.05, 3.63) is 94.6 Å². The zero-order valence-electron chi connectivity index (χ0n) is 33.2. The van der Waals surface area contributed by atoms with Gasteiger partial charge in [-0.15, -0.1) is 0 Å². The Labute approximate surface area is 341 Å². The van der Waals surface area contributed by atoms with Crippen LogP contribution in [0.1, 0.15) is 60.5 Å². The molecule has 3 aliphatic rings. The van der Waals surface area contributed by atoms with Crippen LogP contribution in [0.2, 0.25) is 0 Å². The predicted octanol–water partition coefficient (Wildman–Crippen LogP) is 3.02. The number of ketones is 1. The second-order valence-corrected chi connectivity index (χ2v) is 15.1. The minimum absolute atomic E-state index is 0.0213. The number of pyridine rings is 1. The predicted molar refractivity (Wildman–Crippen MR) is 218 cm³/mol. The molecule has 16 nitrogen and oxygen atoms in total. The fourth-order valence-corrected chi connectivity index (χ4v) is 8.00. The number of anilines is 1. The van der Waals surface area contributed by atoms with E-state index in [1.165, 1.54) is 21.3 Å². The van der Waals surface area contributed by atoms with Gasteiger partial charge >= 0.3 is 5.69 Å². The second-order valence-electron chi connectivity index (χ2n) is 15.1. The first-order valence-corrected chi connectivity index (χ1v) is 20.2. The fraction of sp³-hybridized carbons (Fsp3) is 0.442. The number of piperazine rings is 1. The lowest BCUT2D eigenvalue weighted by Gasteiger charge is -2.34. The topological polar surface area (TPSA) is 187 Å². The van der Waals surface area contributed by atoms with Crippen molar-refractivity contribution in [2.24, 2.45) is 7.05 Å². The minimum Gasteiger partial charge on any atom is -0.507 e. The maximum atomic E-state index is 13.0. The van der Waals surface area contributed by atoms with Crippen molar-refractivity contribution in [2.45, 2.75) is 63.1 Å². The number of fused-ring (bicyclic) bond motifs is 3. The number of aromatic hydroxyl groups is 1. The van der Waals surface area contributed by atoms with Gasteiger partial charge in [0.25, 0.3) is 0 Å². The average Bonchev–Trinajstić information content (AvgIpc) is 3.91. The number of ether oxygens (including phenoxy) is 3. The number of carbonyl (C=O) groups is 4. The van der Waals surface area contributed by atoms with Gasteiger partial charge in [-0.1, -0.05) is 24.3 Å². The molecule has 1 unspecified atom stereocenters. The van der Waals surface area contributed by atoms with Crippen LogP contribution in [0.4, 0.5) is 5.82 Å². The number of benzene rings is 2. The van der Waals surface area contributed by atoms with Crippen LogP contribution in [-0.2, 0) is 37.3 Å². The van der Waals surface area contributed by atoms with Crippen molar-refractivity contribution < 1.29 is 38.5 Å². The molecule has 0 saturated carbocycles. The number of imide groups is 1. The van der Waals surface area contributed by atoms with Crippen LogP contribution >= 0.6 is 0 Å². The maximum Gasteiger partial charge on any atom is 0.329 e. The smallest absolute Gasteiger partial charge is 0.329 e.